The summed E-state index contributed by atoms with van der Waals surface area (Å²) in [6.07, 6.45) is 0. The fourth-order valence-electron chi connectivity index (χ4n) is 2.60. The van der Waals surface area contributed by atoms with Gasteiger partial charge in [0.1, 0.15) is 5.82 Å². The van der Waals surface area contributed by atoms with Gasteiger partial charge >= 0.3 is 0 Å². The second-order valence-corrected chi connectivity index (χ2v) is 6.11. The van der Waals surface area contributed by atoms with E-state index in [9.17, 15) is 4.79 Å². The molecule has 0 saturated heterocycles. The molecule has 0 bridgehead atoms. The second kappa shape index (κ2) is 6.52. The highest BCUT2D eigenvalue weighted by Crippen LogP contribution is 2.22. The molecule has 0 aliphatic heterocycles. The van der Waals surface area contributed by atoms with Gasteiger partial charge in [0, 0.05) is 11.1 Å². The van der Waals surface area contributed by atoms with E-state index in [1.54, 1.807) is 6.07 Å². The molecule has 0 fully saturated rings. The monoisotopic (exact) mass is 327 g/mol. The summed E-state index contributed by atoms with van der Waals surface area (Å²) in [6, 6.07) is 15.3. The van der Waals surface area contributed by atoms with E-state index in [2.05, 4.69) is 21.8 Å². The van der Waals surface area contributed by atoms with Crippen LogP contribution < -0.4 is 5.56 Å². The molecule has 0 aliphatic rings. The first-order chi connectivity index (χ1) is 11.0. The number of H-pyrrole nitrogens is 1. The number of nitrogens with one attached hydrogen (secondary N) is 1. The van der Waals surface area contributed by atoms with Crippen LogP contribution in [0.1, 0.15) is 24.4 Å². The van der Waals surface area contributed by atoms with Crippen LogP contribution in [0, 0.1) is 0 Å². The lowest BCUT2D eigenvalue weighted by Crippen LogP contribution is -2.25. The maximum absolute atomic E-state index is 12.1. The lowest BCUT2D eigenvalue weighted by Gasteiger charge is -2.24. The number of fused-ring (bicyclic) bond motifs is 1. The van der Waals surface area contributed by atoms with E-state index in [1.807, 2.05) is 49.5 Å². The minimum atomic E-state index is -0.102. The van der Waals surface area contributed by atoms with Gasteiger partial charge in [0.05, 0.1) is 17.4 Å². The number of hydrogen-bond donors (Lipinski definition) is 1. The number of hydrogen-bond acceptors (Lipinski definition) is 3. The minimum Gasteiger partial charge on any atom is -0.309 e. The topological polar surface area (TPSA) is 49.0 Å². The lowest BCUT2D eigenvalue weighted by molar-refractivity contribution is 0.247. The van der Waals surface area contributed by atoms with Crippen LogP contribution in [0.2, 0.25) is 5.02 Å². The Labute approximate surface area is 139 Å². The quantitative estimate of drug-likeness (QED) is 0.793. The molecule has 3 aromatic rings. The highest BCUT2D eigenvalue weighted by molar-refractivity contribution is 6.30. The first-order valence-electron chi connectivity index (χ1n) is 7.48. The molecule has 1 atom stereocenters. The zero-order valence-electron chi connectivity index (χ0n) is 13.1. The van der Waals surface area contributed by atoms with Crippen molar-refractivity contribution in [3.8, 4) is 0 Å². The number of rotatable bonds is 4. The van der Waals surface area contributed by atoms with Gasteiger partial charge in [-0.1, -0.05) is 35.9 Å². The molecule has 0 saturated carbocycles. The molecule has 23 heavy (non-hydrogen) atoms. The number of benzene rings is 2. The highest BCUT2D eigenvalue weighted by Gasteiger charge is 2.14. The Bertz CT molecular complexity index is 891. The van der Waals surface area contributed by atoms with Crippen LogP contribution in [0.5, 0.6) is 0 Å². The van der Waals surface area contributed by atoms with E-state index >= 15 is 0 Å². The second-order valence-electron chi connectivity index (χ2n) is 5.68. The smallest absolute Gasteiger partial charge is 0.258 e. The van der Waals surface area contributed by atoms with Gasteiger partial charge in [0.25, 0.3) is 5.56 Å². The van der Waals surface area contributed by atoms with Gasteiger partial charge < -0.3 is 4.98 Å². The molecular weight excluding hydrogens is 310 g/mol. The largest absolute Gasteiger partial charge is 0.309 e. The van der Waals surface area contributed by atoms with E-state index in [-0.39, 0.29) is 11.6 Å². The Morgan fingerprint density at radius 2 is 2.00 bits per heavy atom. The van der Waals surface area contributed by atoms with Gasteiger partial charge in [-0.25, -0.2) is 4.98 Å². The number of aromatic nitrogens is 2. The van der Waals surface area contributed by atoms with Crippen LogP contribution in [-0.4, -0.2) is 21.9 Å². The maximum Gasteiger partial charge on any atom is 0.258 e. The van der Waals surface area contributed by atoms with Crippen molar-refractivity contribution in [1.82, 2.24) is 14.9 Å². The van der Waals surface area contributed by atoms with Crippen molar-refractivity contribution in [1.29, 1.82) is 0 Å². The molecule has 0 radical (unpaired) electrons. The summed E-state index contributed by atoms with van der Waals surface area (Å²) in [5.74, 6) is 0.657. The minimum absolute atomic E-state index is 0.102. The zero-order valence-corrected chi connectivity index (χ0v) is 13.8. The molecule has 0 amide bonds. The van der Waals surface area contributed by atoms with Crippen LogP contribution in [0.25, 0.3) is 10.9 Å². The molecule has 0 spiro atoms. The summed E-state index contributed by atoms with van der Waals surface area (Å²) < 4.78 is 0. The Morgan fingerprint density at radius 1 is 1.22 bits per heavy atom. The molecule has 0 unspecified atom stereocenters. The summed E-state index contributed by atoms with van der Waals surface area (Å²) in [4.78, 5) is 21.7. The van der Waals surface area contributed by atoms with E-state index in [1.165, 1.54) is 0 Å². The normalized spacial score (nSPS) is 12.7. The average molecular weight is 328 g/mol. The summed E-state index contributed by atoms with van der Waals surface area (Å²) in [7, 11) is 2.00. The van der Waals surface area contributed by atoms with Gasteiger partial charge in [-0.2, -0.15) is 0 Å². The Balaban J connectivity index is 1.85. The van der Waals surface area contributed by atoms with Gasteiger partial charge in [-0.05, 0) is 43.8 Å². The number of aromatic amines is 1. The van der Waals surface area contributed by atoms with Crippen molar-refractivity contribution < 1.29 is 0 Å². The standard InChI is InChI=1S/C18H18ClN3O/c1-12(13-6-5-7-14(19)10-13)22(2)11-17-20-16-9-4-3-8-15(16)18(23)21-17/h3-10,12H,11H2,1-2H3,(H,20,21,23)/t12-/m0/s1. The fraction of sp³-hybridized carbons (Fsp3) is 0.222. The van der Waals surface area contributed by atoms with Crippen LogP contribution in [0.4, 0.5) is 0 Å². The van der Waals surface area contributed by atoms with E-state index in [0.29, 0.717) is 17.8 Å². The molecule has 1 aromatic heterocycles. The maximum atomic E-state index is 12.1. The SMILES string of the molecule is C[C@@H](c1cccc(Cl)c1)N(C)Cc1nc2ccccc2c(=O)[nH]1. The van der Waals surface area contributed by atoms with Crippen LogP contribution in [0.15, 0.2) is 53.3 Å². The van der Waals surface area contributed by atoms with Crippen molar-refractivity contribution in [2.24, 2.45) is 0 Å². The van der Waals surface area contributed by atoms with Crippen molar-refractivity contribution in [2.45, 2.75) is 19.5 Å². The molecule has 3 rings (SSSR count). The van der Waals surface area contributed by atoms with Gasteiger partial charge in [0.2, 0.25) is 0 Å². The number of para-hydroxylation sites is 1. The van der Waals surface area contributed by atoms with E-state index in [4.69, 9.17) is 11.6 Å². The van der Waals surface area contributed by atoms with Crippen molar-refractivity contribution in [3.05, 3.63) is 75.3 Å². The molecule has 4 nitrogen and oxygen atoms in total. The molecule has 1 N–H and O–H groups in total. The highest BCUT2D eigenvalue weighted by atomic mass is 35.5. The first kappa shape index (κ1) is 15.7. The van der Waals surface area contributed by atoms with Crippen LogP contribution in [0.3, 0.4) is 0 Å². The van der Waals surface area contributed by atoms with Crippen LogP contribution in [-0.2, 0) is 6.54 Å². The number of nitrogens with zero attached hydrogens (tertiary/aromatic N) is 2. The Morgan fingerprint density at radius 3 is 2.78 bits per heavy atom. The summed E-state index contributed by atoms with van der Waals surface area (Å²) in [5, 5.41) is 1.33. The summed E-state index contributed by atoms with van der Waals surface area (Å²) in [6.45, 7) is 2.65. The first-order valence-corrected chi connectivity index (χ1v) is 7.86. The Hall–Kier alpha value is -2.17. The fourth-order valence-corrected chi connectivity index (χ4v) is 2.80. The van der Waals surface area contributed by atoms with E-state index in [0.717, 1.165) is 16.1 Å². The average Bonchev–Trinajstić information content (AvgIpc) is 2.54. The van der Waals surface area contributed by atoms with Crippen molar-refractivity contribution in [2.75, 3.05) is 7.05 Å². The van der Waals surface area contributed by atoms with Gasteiger partial charge in [-0.15, -0.1) is 0 Å². The van der Waals surface area contributed by atoms with Crippen LogP contribution >= 0.6 is 11.6 Å². The molecular formula is C18H18ClN3O. The molecule has 0 aliphatic carbocycles. The molecule has 2 aromatic carbocycles. The van der Waals surface area contributed by atoms with Crippen molar-refractivity contribution >= 4 is 22.5 Å². The lowest BCUT2D eigenvalue weighted by atomic mass is 10.1. The third-order valence-corrected chi connectivity index (χ3v) is 4.29. The van der Waals surface area contributed by atoms with Crippen molar-refractivity contribution in [3.63, 3.8) is 0 Å². The van der Waals surface area contributed by atoms with E-state index < -0.39 is 0 Å². The predicted molar refractivity (Wildman–Crippen MR) is 93.7 cm³/mol. The summed E-state index contributed by atoms with van der Waals surface area (Å²) >= 11 is 6.06. The molecule has 1 heterocycles. The zero-order chi connectivity index (χ0) is 16.4. The molecule has 118 valence electrons. The Kier molecular flexibility index (Phi) is 4.46. The third kappa shape index (κ3) is 3.44. The number of halogens is 1. The summed E-state index contributed by atoms with van der Waals surface area (Å²) in [5.41, 5.74) is 1.74. The third-order valence-electron chi connectivity index (χ3n) is 4.05. The molecule has 5 heteroatoms. The van der Waals surface area contributed by atoms with Gasteiger partial charge in [-0.3, -0.25) is 9.69 Å². The predicted octanol–water partition coefficient (Wildman–Crippen LogP) is 3.77. The van der Waals surface area contributed by atoms with Gasteiger partial charge in [0.15, 0.2) is 0 Å².